The molecule has 2 atom stereocenters. The highest BCUT2D eigenvalue weighted by Crippen LogP contribution is 2.40. The van der Waals surface area contributed by atoms with Gasteiger partial charge in [-0.3, -0.25) is 4.79 Å². The number of carbonyl (C=O) groups excluding carboxylic acids is 1. The van der Waals surface area contributed by atoms with Crippen molar-refractivity contribution < 1.29 is 18.0 Å². The minimum Gasteiger partial charge on any atom is -0.338 e. The predicted octanol–water partition coefficient (Wildman–Crippen LogP) is 2.53. The third-order valence-electron chi connectivity index (χ3n) is 5.78. The monoisotopic (exact) mass is 396 g/mol. The topological polar surface area (TPSA) is 68.8 Å². The van der Waals surface area contributed by atoms with E-state index in [9.17, 15) is 18.0 Å². The smallest absolute Gasteiger partial charge is 0.338 e. The van der Waals surface area contributed by atoms with Crippen molar-refractivity contribution in [3.05, 3.63) is 29.9 Å². The van der Waals surface area contributed by atoms with Gasteiger partial charge in [-0.25, -0.2) is 4.98 Å². The third-order valence-corrected chi connectivity index (χ3v) is 5.78. The maximum atomic E-state index is 13.2. The van der Waals surface area contributed by atoms with Crippen molar-refractivity contribution >= 4 is 5.91 Å². The highest BCUT2D eigenvalue weighted by atomic mass is 19.4. The van der Waals surface area contributed by atoms with E-state index in [2.05, 4.69) is 19.7 Å². The van der Waals surface area contributed by atoms with Crippen molar-refractivity contribution in [3.63, 3.8) is 0 Å². The van der Waals surface area contributed by atoms with E-state index in [1.807, 2.05) is 6.20 Å². The van der Waals surface area contributed by atoms with Crippen LogP contribution in [0.3, 0.4) is 0 Å². The van der Waals surface area contributed by atoms with Gasteiger partial charge in [0.05, 0.1) is 6.54 Å². The lowest BCUT2D eigenvalue weighted by Gasteiger charge is -2.27. The zero-order valence-electron chi connectivity index (χ0n) is 15.7. The highest BCUT2D eigenvalue weighted by molar-refractivity contribution is 5.78. The summed E-state index contributed by atoms with van der Waals surface area (Å²) in [5.74, 6) is -0.337. The zero-order chi connectivity index (χ0) is 19.9. The van der Waals surface area contributed by atoms with Crippen LogP contribution in [0.1, 0.15) is 49.1 Å². The van der Waals surface area contributed by atoms with Gasteiger partial charge < -0.3 is 14.0 Å². The molecular weight excluding hydrogens is 373 g/mol. The molecule has 0 N–H and O–H groups in total. The molecule has 7 nitrogen and oxygen atoms in total. The molecule has 1 amide bonds. The van der Waals surface area contributed by atoms with E-state index < -0.39 is 12.1 Å². The zero-order valence-corrected chi connectivity index (χ0v) is 15.7. The average Bonchev–Trinajstić information content (AvgIpc) is 3.22. The second-order valence-electron chi connectivity index (χ2n) is 7.62. The van der Waals surface area contributed by atoms with Gasteiger partial charge in [0, 0.05) is 44.9 Å². The number of nitrogens with zero attached hydrogens (tertiary/aromatic N) is 6. The van der Waals surface area contributed by atoms with Crippen LogP contribution in [-0.4, -0.2) is 48.3 Å². The summed E-state index contributed by atoms with van der Waals surface area (Å²) in [6.45, 7) is 1.36. The lowest BCUT2D eigenvalue weighted by atomic mass is 9.98. The largest absolute Gasteiger partial charge is 0.398 e. The van der Waals surface area contributed by atoms with Crippen molar-refractivity contribution in [2.24, 2.45) is 5.92 Å². The highest BCUT2D eigenvalue weighted by Gasteiger charge is 2.45. The Labute approximate surface area is 160 Å². The summed E-state index contributed by atoms with van der Waals surface area (Å²) >= 11 is 0. The molecule has 0 radical (unpaired) electrons. The number of hydrogen-bond donors (Lipinski definition) is 0. The summed E-state index contributed by atoms with van der Waals surface area (Å²) in [6.07, 6.45) is 2.01. The van der Waals surface area contributed by atoms with Crippen molar-refractivity contribution in [2.75, 3.05) is 7.05 Å². The van der Waals surface area contributed by atoms with E-state index in [-0.39, 0.29) is 30.6 Å². The number of rotatable bonds is 3. The number of amides is 1. The molecule has 2 aromatic rings. The molecule has 0 aliphatic carbocycles. The first kappa shape index (κ1) is 18.9. The van der Waals surface area contributed by atoms with Crippen LogP contribution in [0.5, 0.6) is 0 Å². The molecule has 0 saturated heterocycles. The Hall–Kier alpha value is -2.39. The van der Waals surface area contributed by atoms with E-state index in [0.717, 1.165) is 25.2 Å². The summed E-state index contributed by atoms with van der Waals surface area (Å²) in [4.78, 5) is 18.8. The van der Waals surface area contributed by atoms with Crippen molar-refractivity contribution in [1.29, 1.82) is 0 Å². The number of carbonyl (C=O) groups is 1. The summed E-state index contributed by atoms with van der Waals surface area (Å²) in [7, 11) is 1.68. The molecule has 4 rings (SSSR count). The van der Waals surface area contributed by atoms with E-state index in [1.165, 1.54) is 4.57 Å². The lowest BCUT2D eigenvalue weighted by Crippen LogP contribution is -2.34. The van der Waals surface area contributed by atoms with Crippen LogP contribution in [0, 0.1) is 5.92 Å². The van der Waals surface area contributed by atoms with Crippen LogP contribution < -0.4 is 0 Å². The molecule has 2 unspecified atom stereocenters. The summed E-state index contributed by atoms with van der Waals surface area (Å²) in [6, 6.07) is 0. The van der Waals surface area contributed by atoms with E-state index in [0.29, 0.717) is 25.2 Å². The molecule has 0 spiro atoms. The molecule has 152 valence electrons. The van der Waals surface area contributed by atoms with Gasteiger partial charge in [0.25, 0.3) is 0 Å². The normalized spacial score (nSPS) is 22.3. The first-order chi connectivity index (χ1) is 13.3. The number of imidazole rings is 1. The molecule has 28 heavy (non-hydrogen) atoms. The Bertz CT molecular complexity index is 835. The van der Waals surface area contributed by atoms with Gasteiger partial charge in [0.2, 0.25) is 5.91 Å². The lowest BCUT2D eigenvalue weighted by molar-refractivity contribution is -0.156. The van der Waals surface area contributed by atoms with Gasteiger partial charge >= 0.3 is 6.18 Å². The summed E-state index contributed by atoms with van der Waals surface area (Å²) in [5, 5.41) is 7.78. The molecule has 0 aromatic carbocycles. The Kier molecular flexibility index (Phi) is 4.88. The van der Waals surface area contributed by atoms with Gasteiger partial charge in [-0.2, -0.15) is 13.2 Å². The minimum atomic E-state index is -4.32. The standard InChI is InChI=1S/C18H23F3N6O/c1-25(17(28)12-4-5-14-22-7-10-26(14)9-6-12)11-15-23-24-16-13(18(19,20)21)3-2-8-27(15)16/h7,10,12-13H,2-6,8-9,11H2,1H3. The molecule has 4 heterocycles. The third kappa shape index (κ3) is 3.51. The van der Waals surface area contributed by atoms with Crippen molar-refractivity contribution in [3.8, 4) is 0 Å². The molecule has 0 saturated carbocycles. The molecule has 0 bridgehead atoms. The van der Waals surface area contributed by atoms with Crippen LogP contribution in [-0.2, 0) is 30.8 Å². The van der Waals surface area contributed by atoms with Crippen molar-refractivity contribution in [1.82, 2.24) is 29.2 Å². The fraction of sp³-hybridized carbons (Fsp3) is 0.667. The van der Waals surface area contributed by atoms with Gasteiger partial charge in [0.1, 0.15) is 17.6 Å². The van der Waals surface area contributed by atoms with E-state index in [4.69, 9.17) is 0 Å². The number of halogens is 3. The second-order valence-corrected chi connectivity index (χ2v) is 7.62. The SMILES string of the molecule is CN(Cc1nnc2n1CCCC2C(F)(F)F)C(=O)C1CCc2nccn2CC1. The summed E-state index contributed by atoms with van der Waals surface area (Å²) < 4.78 is 43.3. The van der Waals surface area contributed by atoms with Crippen LogP contribution in [0.4, 0.5) is 13.2 Å². The number of aryl methyl sites for hydroxylation is 2. The Morgan fingerprint density at radius 1 is 1.25 bits per heavy atom. The minimum absolute atomic E-state index is 0.00807. The fourth-order valence-corrected chi connectivity index (χ4v) is 4.22. The van der Waals surface area contributed by atoms with Gasteiger partial charge in [-0.15, -0.1) is 10.2 Å². The number of aromatic nitrogens is 5. The number of alkyl halides is 3. The van der Waals surface area contributed by atoms with Crippen molar-refractivity contribution in [2.45, 2.75) is 63.8 Å². The number of hydrogen-bond acceptors (Lipinski definition) is 4. The first-order valence-electron chi connectivity index (χ1n) is 9.58. The van der Waals surface area contributed by atoms with Crippen LogP contribution >= 0.6 is 0 Å². The van der Waals surface area contributed by atoms with E-state index >= 15 is 0 Å². The summed E-state index contributed by atoms with van der Waals surface area (Å²) in [5.41, 5.74) is 0. The second kappa shape index (κ2) is 7.21. The Morgan fingerprint density at radius 2 is 2.07 bits per heavy atom. The quantitative estimate of drug-likeness (QED) is 0.800. The Balaban J connectivity index is 1.44. The van der Waals surface area contributed by atoms with Crippen LogP contribution in [0.2, 0.25) is 0 Å². The van der Waals surface area contributed by atoms with E-state index in [1.54, 1.807) is 18.1 Å². The van der Waals surface area contributed by atoms with Crippen LogP contribution in [0.25, 0.3) is 0 Å². The Morgan fingerprint density at radius 3 is 2.86 bits per heavy atom. The molecule has 2 aliphatic rings. The van der Waals surface area contributed by atoms with Crippen LogP contribution in [0.15, 0.2) is 12.4 Å². The molecule has 2 aliphatic heterocycles. The van der Waals surface area contributed by atoms with Gasteiger partial charge in [0.15, 0.2) is 5.82 Å². The molecular formula is C18H23F3N6O. The maximum absolute atomic E-state index is 13.2. The molecule has 0 fully saturated rings. The molecule has 2 aromatic heterocycles. The number of fused-ring (bicyclic) bond motifs is 2. The average molecular weight is 396 g/mol. The maximum Gasteiger partial charge on any atom is 0.398 e. The molecule has 10 heteroatoms. The predicted molar refractivity (Wildman–Crippen MR) is 93.2 cm³/mol. The first-order valence-corrected chi connectivity index (χ1v) is 9.58. The van der Waals surface area contributed by atoms with Gasteiger partial charge in [-0.1, -0.05) is 0 Å². The fourth-order valence-electron chi connectivity index (χ4n) is 4.22. The van der Waals surface area contributed by atoms with Gasteiger partial charge in [-0.05, 0) is 25.7 Å².